The van der Waals surface area contributed by atoms with E-state index < -0.39 is 11.6 Å². The van der Waals surface area contributed by atoms with Crippen molar-refractivity contribution in [2.45, 2.75) is 50.2 Å². The molecule has 120 valence electrons. The highest BCUT2D eigenvalue weighted by atomic mass is 16.4. The van der Waals surface area contributed by atoms with E-state index in [4.69, 9.17) is 5.11 Å². The van der Waals surface area contributed by atoms with Gasteiger partial charge in [-0.15, -0.1) is 0 Å². The number of hydrogen-bond acceptors (Lipinski definition) is 4. The molecular weight excluding hydrogens is 286 g/mol. The Morgan fingerprint density at radius 1 is 1.23 bits per heavy atom. The lowest BCUT2D eigenvalue weighted by Gasteiger charge is -2.34. The first-order chi connectivity index (χ1) is 10.5. The number of carboxylic acids is 1. The summed E-state index contributed by atoms with van der Waals surface area (Å²) in [4.78, 5) is 25.0. The third-order valence-electron chi connectivity index (χ3n) is 4.80. The predicted molar refractivity (Wildman–Crippen MR) is 77.5 cm³/mol. The van der Waals surface area contributed by atoms with Gasteiger partial charge in [-0.2, -0.15) is 5.10 Å². The van der Waals surface area contributed by atoms with Gasteiger partial charge in [0.15, 0.2) is 5.60 Å². The van der Waals surface area contributed by atoms with Gasteiger partial charge in [-0.1, -0.05) is 12.8 Å². The topological polar surface area (TPSA) is 95.7 Å². The molecule has 1 aromatic rings. The molecule has 7 heteroatoms. The molecule has 7 nitrogen and oxygen atoms in total. The lowest BCUT2D eigenvalue weighted by molar-refractivity contribution is -0.162. The van der Waals surface area contributed by atoms with E-state index in [-0.39, 0.29) is 31.8 Å². The fourth-order valence-electron chi connectivity index (χ4n) is 3.28. The highest BCUT2D eigenvalue weighted by Gasteiger charge is 2.40. The molecule has 1 aliphatic heterocycles. The van der Waals surface area contributed by atoms with E-state index in [9.17, 15) is 14.7 Å². The summed E-state index contributed by atoms with van der Waals surface area (Å²) in [5, 5.41) is 23.3. The van der Waals surface area contributed by atoms with Crippen LogP contribution in [-0.4, -0.2) is 55.5 Å². The maximum atomic E-state index is 12.4. The van der Waals surface area contributed by atoms with Crippen molar-refractivity contribution in [1.82, 2.24) is 14.7 Å². The Kier molecular flexibility index (Phi) is 3.90. The number of likely N-dealkylation sites (tertiary alicyclic amines) is 1. The van der Waals surface area contributed by atoms with Crippen LogP contribution in [-0.2, 0) is 4.79 Å². The molecular formula is C15H21N3O4. The molecule has 0 unspecified atom stereocenters. The van der Waals surface area contributed by atoms with Gasteiger partial charge in [-0.25, -0.2) is 4.79 Å². The van der Waals surface area contributed by atoms with Gasteiger partial charge >= 0.3 is 5.97 Å². The summed E-state index contributed by atoms with van der Waals surface area (Å²) >= 11 is 0. The Morgan fingerprint density at radius 2 is 1.86 bits per heavy atom. The molecule has 0 bridgehead atoms. The van der Waals surface area contributed by atoms with Gasteiger partial charge in [0, 0.05) is 32.1 Å². The van der Waals surface area contributed by atoms with Crippen LogP contribution >= 0.6 is 0 Å². The predicted octanol–water partition coefficient (Wildman–Crippen LogP) is 1.05. The van der Waals surface area contributed by atoms with Crippen LogP contribution in [0.2, 0.25) is 0 Å². The summed E-state index contributed by atoms with van der Waals surface area (Å²) in [6.07, 6.45) is 6.56. The Morgan fingerprint density at radius 3 is 2.45 bits per heavy atom. The maximum absolute atomic E-state index is 12.4. The van der Waals surface area contributed by atoms with Gasteiger partial charge in [-0.3, -0.25) is 9.48 Å². The van der Waals surface area contributed by atoms with Crippen molar-refractivity contribution in [3.8, 4) is 0 Å². The molecule has 3 rings (SSSR count). The first-order valence-electron chi connectivity index (χ1n) is 7.80. The first-order valence-corrected chi connectivity index (χ1v) is 7.80. The zero-order valence-corrected chi connectivity index (χ0v) is 12.4. The van der Waals surface area contributed by atoms with Gasteiger partial charge in [0.2, 0.25) is 0 Å². The van der Waals surface area contributed by atoms with Crippen LogP contribution in [0.5, 0.6) is 0 Å². The number of carboxylic acid groups (broad SMARTS) is 1. The van der Waals surface area contributed by atoms with Crippen LogP contribution in [0.25, 0.3) is 0 Å². The van der Waals surface area contributed by atoms with E-state index in [2.05, 4.69) is 5.10 Å². The van der Waals surface area contributed by atoms with Crippen LogP contribution in [0.1, 0.15) is 55.1 Å². The molecule has 2 aliphatic rings. The lowest BCUT2D eigenvalue weighted by atomic mass is 9.91. The van der Waals surface area contributed by atoms with E-state index in [0.717, 1.165) is 12.8 Å². The Balaban J connectivity index is 1.64. The van der Waals surface area contributed by atoms with Crippen molar-refractivity contribution in [3.05, 3.63) is 18.0 Å². The van der Waals surface area contributed by atoms with Crippen LogP contribution in [0.3, 0.4) is 0 Å². The average molecular weight is 307 g/mol. The summed E-state index contributed by atoms with van der Waals surface area (Å²) < 4.78 is 1.87. The number of rotatable bonds is 3. The Bertz CT molecular complexity index is 569. The molecule has 0 spiro atoms. The maximum Gasteiger partial charge on any atom is 0.335 e. The van der Waals surface area contributed by atoms with E-state index in [1.165, 1.54) is 12.8 Å². The molecule has 0 radical (unpaired) electrons. The molecule has 0 aromatic carbocycles. The molecule has 1 saturated carbocycles. The largest absolute Gasteiger partial charge is 0.479 e. The second kappa shape index (κ2) is 5.72. The molecule has 2 N–H and O–H groups in total. The molecule has 1 aromatic heterocycles. The average Bonchev–Trinajstić information content (AvgIpc) is 3.18. The number of aliphatic hydroxyl groups is 1. The molecule has 1 amide bonds. The van der Waals surface area contributed by atoms with Crippen molar-refractivity contribution in [1.29, 1.82) is 0 Å². The number of amides is 1. The number of carbonyl (C=O) groups is 2. The number of hydrogen-bond donors (Lipinski definition) is 2. The minimum Gasteiger partial charge on any atom is -0.479 e. The summed E-state index contributed by atoms with van der Waals surface area (Å²) in [5.41, 5.74) is -1.31. The highest BCUT2D eigenvalue weighted by Crippen LogP contribution is 2.29. The first kappa shape index (κ1) is 15.0. The second-order valence-electron chi connectivity index (χ2n) is 6.25. The van der Waals surface area contributed by atoms with Gasteiger partial charge in [-0.05, 0) is 18.9 Å². The summed E-state index contributed by atoms with van der Waals surface area (Å²) in [6.45, 7) is 0.468. The minimum atomic E-state index is -1.71. The van der Waals surface area contributed by atoms with E-state index in [0.29, 0.717) is 11.7 Å². The quantitative estimate of drug-likeness (QED) is 0.870. The van der Waals surface area contributed by atoms with Gasteiger partial charge in [0.05, 0.1) is 6.04 Å². The van der Waals surface area contributed by atoms with Crippen LogP contribution in [0.4, 0.5) is 0 Å². The molecule has 1 saturated heterocycles. The number of aliphatic carboxylic acids is 1. The molecule has 2 fully saturated rings. The Labute approximate surface area is 128 Å². The van der Waals surface area contributed by atoms with Crippen molar-refractivity contribution < 1.29 is 19.8 Å². The third kappa shape index (κ3) is 2.72. The molecule has 22 heavy (non-hydrogen) atoms. The summed E-state index contributed by atoms with van der Waals surface area (Å²) in [6, 6.07) is 2.11. The zero-order valence-electron chi connectivity index (χ0n) is 12.4. The fourth-order valence-corrected chi connectivity index (χ4v) is 3.28. The van der Waals surface area contributed by atoms with Crippen LogP contribution < -0.4 is 0 Å². The van der Waals surface area contributed by atoms with Crippen molar-refractivity contribution in [2.75, 3.05) is 13.1 Å². The number of aromatic nitrogens is 2. The molecule has 2 heterocycles. The van der Waals surface area contributed by atoms with E-state index in [1.807, 2.05) is 10.9 Å². The number of carbonyl (C=O) groups excluding carboxylic acids is 1. The third-order valence-corrected chi connectivity index (χ3v) is 4.80. The fraction of sp³-hybridized carbons (Fsp3) is 0.667. The smallest absolute Gasteiger partial charge is 0.335 e. The normalized spacial score (nSPS) is 22.0. The molecule has 0 atom stereocenters. The van der Waals surface area contributed by atoms with Gasteiger partial charge in [0.25, 0.3) is 5.91 Å². The monoisotopic (exact) mass is 307 g/mol. The number of piperidine rings is 1. The summed E-state index contributed by atoms with van der Waals surface area (Å²) in [5.74, 6) is -1.41. The van der Waals surface area contributed by atoms with Crippen molar-refractivity contribution in [2.24, 2.45) is 0 Å². The van der Waals surface area contributed by atoms with Crippen LogP contribution in [0.15, 0.2) is 12.3 Å². The number of nitrogens with zero attached hydrogens (tertiary/aromatic N) is 3. The van der Waals surface area contributed by atoms with Crippen molar-refractivity contribution >= 4 is 11.9 Å². The zero-order chi connectivity index (χ0) is 15.7. The lowest BCUT2D eigenvalue weighted by Crippen LogP contribution is -2.50. The van der Waals surface area contributed by atoms with E-state index in [1.54, 1.807) is 11.0 Å². The van der Waals surface area contributed by atoms with Crippen molar-refractivity contribution in [3.63, 3.8) is 0 Å². The Hall–Kier alpha value is -1.89. The summed E-state index contributed by atoms with van der Waals surface area (Å²) in [7, 11) is 0. The minimum absolute atomic E-state index is 0.0530. The van der Waals surface area contributed by atoms with Crippen LogP contribution in [0, 0.1) is 0 Å². The van der Waals surface area contributed by atoms with Gasteiger partial charge < -0.3 is 15.1 Å². The standard InChI is InChI=1S/C15H21N3O4/c19-13(17-9-6-15(22,7-10-17)14(20)21)12-5-8-18(16-12)11-3-1-2-4-11/h5,8,11,22H,1-4,6-7,9-10H2,(H,20,21). The highest BCUT2D eigenvalue weighted by molar-refractivity contribution is 5.92. The molecule has 1 aliphatic carbocycles. The second-order valence-corrected chi connectivity index (χ2v) is 6.25. The SMILES string of the molecule is O=C(c1ccn(C2CCCC2)n1)N1CCC(O)(C(=O)O)CC1. The van der Waals surface area contributed by atoms with Gasteiger partial charge in [0.1, 0.15) is 5.69 Å². The van der Waals surface area contributed by atoms with E-state index >= 15 is 0 Å².